The molecule has 1 aromatic carbocycles. The first-order chi connectivity index (χ1) is 15.9. The highest BCUT2D eigenvalue weighted by atomic mass is 19.4. The monoisotopic (exact) mass is 483 g/mol. The van der Waals surface area contributed by atoms with Crippen LogP contribution in [0.15, 0.2) is 16.7 Å². The minimum absolute atomic E-state index is 0.0819. The standard InChI is InChI=1S/C20H17F4N5O5/c1-7-6-29-12-10(3-9(4-11(12)21)14-25-17(34-28-14)20(22,23)24)5-19(13(29)8(2)33-7)15(30)26-18(32)27-16(19)31/h3-4,7-8,13H,5-6H2,1-2H3,(H2,26,27,30,31,32)/t7-,8+,13-/m1/s1. The average molecular weight is 483 g/mol. The molecule has 0 bridgehead atoms. The van der Waals surface area contributed by atoms with E-state index in [0.29, 0.717) is 0 Å². The molecule has 14 heteroatoms. The van der Waals surface area contributed by atoms with Crippen molar-refractivity contribution in [3.8, 4) is 11.4 Å². The lowest BCUT2D eigenvalue weighted by atomic mass is 9.66. The predicted octanol–water partition coefficient (Wildman–Crippen LogP) is 1.79. The zero-order valence-corrected chi connectivity index (χ0v) is 17.7. The van der Waals surface area contributed by atoms with Crippen molar-refractivity contribution in [2.45, 2.75) is 44.7 Å². The normalized spacial score (nSPS) is 26.1. The van der Waals surface area contributed by atoms with Gasteiger partial charge in [-0.2, -0.15) is 18.2 Å². The number of ether oxygens (including phenoxy) is 1. The van der Waals surface area contributed by atoms with E-state index in [1.807, 2.05) is 0 Å². The number of nitrogens with one attached hydrogen (secondary N) is 2. The summed E-state index contributed by atoms with van der Waals surface area (Å²) in [4.78, 5) is 42.8. The largest absolute Gasteiger partial charge is 0.471 e. The number of imide groups is 2. The molecule has 0 radical (unpaired) electrons. The van der Waals surface area contributed by atoms with Gasteiger partial charge in [0, 0.05) is 18.5 Å². The smallest absolute Gasteiger partial charge is 0.372 e. The van der Waals surface area contributed by atoms with Crippen LogP contribution in [0.4, 0.5) is 28.0 Å². The second-order valence-corrected chi connectivity index (χ2v) is 8.52. The topological polar surface area (TPSA) is 127 Å². The summed E-state index contributed by atoms with van der Waals surface area (Å²) in [5.41, 5.74) is -1.75. The molecule has 3 aliphatic heterocycles. The molecule has 2 saturated heterocycles. The Kier molecular flexibility index (Phi) is 4.73. The zero-order valence-electron chi connectivity index (χ0n) is 17.7. The molecule has 3 aliphatic rings. The van der Waals surface area contributed by atoms with Crippen LogP contribution in [0.2, 0.25) is 0 Å². The number of rotatable bonds is 1. The van der Waals surface area contributed by atoms with Gasteiger partial charge >= 0.3 is 18.1 Å². The van der Waals surface area contributed by atoms with E-state index < -0.39 is 65.2 Å². The summed E-state index contributed by atoms with van der Waals surface area (Å²) >= 11 is 0. The summed E-state index contributed by atoms with van der Waals surface area (Å²) in [5, 5.41) is 7.48. The van der Waals surface area contributed by atoms with E-state index >= 15 is 4.39 Å². The molecule has 0 aliphatic carbocycles. The number of amides is 4. The van der Waals surface area contributed by atoms with Crippen molar-refractivity contribution in [3.63, 3.8) is 0 Å². The van der Waals surface area contributed by atoms with Crippen molar-refractivity contribution >= 4 is 23.5 Å². The third-order valence-electron chi connectivity index (χ3n) is 6.28. The quantitative estimate of drug-likeness (QED) is 0.465. The van der Waals surface area contributed by atoms with Gasteiger partial charge in [0.15, 0.2) is 5.41 Å². The van der Waals surface area contributed by atoms with Gasteiger partial charge in [-0.25, -0.2) is 9.18 Å². The fourth-order valence-corrected chi connectivity index (χ4v) is 5.12. The summed E-state index contributed by atoms with van der Waals surface area (Å²) in [7, 11) is 0. The number of nitrogens with zero attached hydrogens (tertiary/aromatic N) is 3. The summed E-state index contributed by atoms with van der Waals surface area (Å²) < 4.78 is 64.2. The maximum Gasteiger partial charge on any atom is 0.471 e. The van der Waals surface area contributed by atoms with Crippen LogP contribution in [0.25, 0.3) is 11.4 Å². The highest BCUT2D eigenvalue weighted by Gasteiger charge is 2.63. The number of aromatic nitrogens is 2. The molecule has 5 rings (SSSR count). The molecule has 1 aromatic heterocycles. The molecular formula is C20H17F4N5O5. The summed E-state index contributed by atoms with van der Waals surface area (Å²) in [6.45, 7) is 3.50. The Labute approximate surface area is 188 Å². The molecule has 4 amide bonds. The van der Waals surface area contributed by atoms with E-state index in [-0.39, 0.29) is 29.8 Å². The average Bonchev–Trinajstić information content (AvgIpc) is 3.22. The number of barbiturate groups is 1. The molecule has 4 heterocycles. The van der Waals surface area contributed by atoms with Crippen molar-refractivity contribution in [1.29, 1.82) is 0 Å². The number of morpholine rings is 1. The van der Waals surface area contributed by atoms with Gasteiger partial charge in [-0.1, -0.05) is 5.16 Å². The summed E-state index contributed by atoms with van der Waals surface area (Å²) in [6.07, 6.45) is -6.32. The molecule has 34 heavy (non-hydrogen) atoms. The predicted molar refractivity (Wildman–Crippen MR) is 104 cm³/mol. The lowest BCUT2D eigenvalue weighted by molar-refractivity contribution is -0.159. The molecule has 1 spiro atoms. The van der Waals surface area contributed by atoms with E-state index in [1.54, 1.807) is 18.7 Å². The van der Waals surface area contributed by atoms with Crippen molar-refractivity contribution in [2.75, 3.05) is 11.4 Å². The van der Waals surface area contributed by atoms with E-state index in [9.17, 15) is 27.6 Å². The number of urea groups is 1. The minimum Gasteiger partial charge on any atom is -0.372 e. The van der Waals surface area contributed by atoms with Gasteiger partial charge < -0.3 is 14.2 Å². The molecule has 180 valence electrons. The highest BCUT2D eigenvalue weighted by Crippen LogP contribution is 2.48. The van der Waals surface area contributed by atoms with Crippen LogP contribution in [-0.2, 0) is 26.9 Å². The molecule has 10 nitrogen and oxygen atoms in total. The van der Waals surface area contributed by atoms with Crippen LogP contribution in [0.5, 0.6) is 0 Å². The third kappa shape index (κ3) is 3.15. The van der Waals surface area contributed by atoms with Gasteiger partial charge in [-0.3, -0.25) is 20.2 Å². The van der Waals surface area contributed by atoms with E-state index in [0.717, 1.165) is 6.07 Å². The first kappa shape index (κ1) is 22.3. The van der Waals surface area contributed by atoms with Gasteiger partial charge in [-0.05, 0) is 31.5 Å². The number of carbonyl (C=O) groups excluding carboxylic acids is 3. The first-order valence-electron chi connectivity index (χ1n) is 10.2. The fourth-order valence-electron chi connectivity index (χ4n) is 5.12. The summed E-state index contributed by atoms with van der Waals surface area (Å²) in [5.74, 6) is -4.67. The van der Waals surface area contributed by atoms with Crippen molar-refractivity contribution in [3.05, 3.63) is 29.4 Å². The number of hydrogen-bond donors (Lipinski definition) is 2. The lowest BCUT2D eigenvalue weighted by Crippen LogP contribution is -2.75. The SMILES string of the molecule is C[C@@H]1CN2c3c(F)cc(-c4noc(C(F)(F)F)n4)cc3CC3(C(=O)NC(=O)NC3=O)[C@H]2[C@H](C)O1. The van der Waals surface area contributed by atoms with E-state index in [2.05, 4.69) is 25.3 Å². The molecule has 2 fully saturated rings. The Balaban J connectivity index is 1.68. The Morgan fingerprint density at radius 2 is 1.82 bits per heavy atom. The lowest BCUT2D eigenvalue weighted by Gasteiger charge is -2.55. The number of benzene rings is 1. The van der Waals surface area contributed by atoms with Gasteiger partial charge in [0.05, 0.1) is 23.9 Å². The number of alkyl halides is 3. The second-order valence-electron chi connectivity index (χ2n) is 8.52. The molecule has 0 saturated carbocycles. The van der Waals surface area contributed by atoms with Crippen molar-refractivity contribution in [2.24, 2.45) is 5.41 Å². The molecule has 2 N–H and O–H groups in total. The van der Waals surface area contributed by atoms with Gasteiger partial charge in [0.25, 0.3) is 0 Å². The third-order valence-corrected chi connectivity index (χ3v) is 6.28. The Hall–Kier alpha value is -3.55. The molecule has 3 atom stereocenters. The fraction of sp³-hybridized carbons (Fsp3) is 0.450. The molecule has 2 aromatic rings. The van der Waals surface area contributed by atoms with Crippen LogP contribution in [-0.4, -0.2) is 52.8 Å². The molecular weight excluding hydrogens is 466 g/mol. The van der Waals surface area contributed by atoms with E-state index in [1.165, 1.54) is 6.07 Å². The zero-order chi connectivity index (χ0) is 24.6. The minimum atomic E-state index is -4.89. The number of anilines is 1. The van der Waals surface area contributed by atoms with E-state index in [4.69, 9.17) is 4.74 Å². The van der Waals surface area contributed by atoms with Gasteiger partial charge in [-0.15, -0.1) is 0 Å². The van der Waals surface area contributed by atoms with Gasteiger partial charge in [0.2, 0.25) is 17.6 Å². The van der Waals surface area contributed by atoms with Crippen molar-refractivity contribution < 1.29 is 41.2 Å². The van der Waals surface area contributed by atoms with Crippen molar-refractivity contribution in [1.82, 2.24) is 20.8 Å². The number of carbonyl (C=O) groups is 3. The Morgan fingerprint density at radius 3 is 2.44 bits per heavy atom. The highest BCUT2D eigenvalue weighted by molar-refractivity contribution is 6.20. The van der Waals surface area contributed by atoms with Crippen LogP contribution < -0.4 is 15.5 Å². The number of halogens is 4. The van der Waals surface area contributed by atoms with Gasteiger partial charge in [0.1, 0.15) is 5.82 Å². The maximum atomic E-state index is 15.4. The van der Waals surface area contributed by atoms with Crippen LogP contribution >= 0.6 is 0 Å². The Bertz CT molecular complexity index is 1210. The Morgan fingerprint density at radius 1 is 1.15 bits per heavy atom. The number of hydrogen-bond acceptors (Lipinski definition) is 8. The maximum absolute atomic E-state index is 15.4. The molecule has 0 unspecified atom stereocenters. The van der Waals surface area contributed by atoms with Crippen LogP contribution in [0, 0.1) is 11.2 Å². The first-order valence-corrected chi connectivity index (χ1v) is 10.2. The second kappa shape index (κ2) is 7.22. The van der Waals surface area contributed by atoms with Crippen LogP contribution in [0.3, 0.4) is 0 Å². The van der Waals surface area contributed by atoms with Crippen LogP contribution in [0.1, 0.15) is 25.3 Å². The number of fused-ring (bicyclic) bond motifs is 4. The summed E-state index contributed by atoms with van der Waals surface area (Å²) in [6, 6.07) is 0.339.